The summed E-state index contributed by atoms with van der Waals surface area (Å²) >= 11 is 7.45. The van der Waals surface area contributed by atoms with E-state index in [9.17, 15) is 4.79 Å². The molecule has 2 N–H and O–H groups in total. The molecule has 0 unspecified atom stereocenters. The Morgan fingerprint density at radius 3 is 2.95 bits per heavy atom. The average Bonchev–Trinajstić information content (AvgIpc) is 2.82. The van der Waals surface area contributed by atoms with Gasteiger partial charge in [0, 0.05) is 32.5 Å². The maximum absolute atomic E-state index is 11.6. The van der Waals surface area contributed by atoms with Crippen molar-refractivity contribution in [2.24, 2.45) is 0 Å². The molecule has 1 amide bonds. The smallest absolute Gasteiger partial charge is 0.266 e. The lowest BCUT2D eigenvalue weighted by Gasteiger charge is -2.10. The Morgan fingerprint density at radius 1 is 1.53 bits per heavy atom. The van der Waals surface area contributed by atoms with Crippen LogP contribution in [0.1, 0.15) is 15.9 Å². The van der Waals surface area contributed by atoms with Gasteiger partial charge in [0.1, 0.15) is 6.61 Å². The zero-order valence-electron chi connectivity index (χ0n) is 9.51. The molecule has 1 aromatic heterocycles. The number of rotatable bonds is 4. The molecule has 0 spiro atoms. The molecule has 0 fully saturated rings. The van der Waals surface area contributed by atoms with Crippen molar-refractivity contribution in [3.05, 3.63) is 45.2 Å². The molecular formula is C11H9ClIN3O3. The Hall–Kier alpha value is -1.48. The van der Waals surface area contributed by atoms with Crippen LogP contribution in [0.5, 0.6) is 5.88 Å². The highest BCUT2D eigenvalue weighted by Gasteiger charge is 2.14. The summed E-state index contributed by atoms with van der Waals surface area (Å²) in [5.41, 5.74) is 1.14. The molecule has 6 nitrogen and oxygen atoms in total. The van der Waals surface area contributed by atoms with Gasteiger partial charge in [0.15, 0.2) is 0 Å². The van der Waals surface area contributed by atoms with Crippen molar-refractivity contribution >= 4 is 40.3 Å². The Morgan fingerprint density at radius 2 is 2.32 bits per heavy atom. The summed E-state index contributed by atoms with van der Waals surface area (Å²) in [7, 11) is 0. The number of carbonyl (C=O) groups excluding carboxylic acids is 1. The Bertz CT molecular complexity index is 603. The normalized spacial score (nSPS) is 10.2. The third kappa shape index (κ3) is 3.29. The Kier molecular flexibility index (Phi) is 4.48. The van der Waals surface area contributed by atoms with Gasteiger partial charge in [0.05, 0.1) is 6.20 Å². The van der Waals surface area contributed by atoms with Crippen LogP contribution < -0.4 is 9.57 Å². The molecular weight excluding hydrogens is 384 g/mol. The molecule has 1 heterocycles. The molecule has 100 valence electrons. The van der Waals surface area contributed by atoms with E-state index >= 15 is 0 Å². The van der Waals surface area contributed by atoms with E-state index in [0.29, 0.717) is 16.0 Å². The van der Waals surface area contributed by atoms with E-state index < -0.39 is 5.91 Å². The van der Waals surface area contributed by atoms with Crippen molar-refractivity contribution in [3.8, 4) is 5.88 Å². The first kappa shape index (κ1) is 13.9. The standard InChI is InChI=1S/C11H9ClIN3O3/c12-14-11(17)7-2-1-3-9(13)8(7)6-19-10-4-5-16(18)15-10/h1-5,18H,6H2,(H,14,17). The fourth-order valence-corrected chi connectivity index (χ4v) is 2.25. The minimum absolute atomic E-state index is 0.149. The number of hydrogen-bond donors (Lipinski definition) is 2. The van der Waals surface area contributed by atoms with E-state index in [1.165, 1.54) is 12.3 Å². The van der Waals surface area contributed by atoms with Gasteiger partial charge < -0.3 is 9.94 Å². The van der Waals surface area contributed by atoms with Crippen LogP contribution in [-0.2, 0) is 6.61 Å². The molecule has 0 saturated heterocycles. The summed E-state index contributed by atoms with van der Waals surface area (Å²) in [6, 6.07) is 6.78. The lowest BCUT2D eigenvalue weighted by Crippen LogP contribution is -2.16. The number of carbonyl (C=O) groups is 1. The molecule has 2 aromatic rings. The average molecular weight is 394 g/mol. The SMILES string of the molecule is O=C(NCl)c1cccc(I)c1COc1ccn(O)n1. The summed E-state index contributed by atoms with van der Waals surface area (Å²) in [5.74, 6) is -0.133. The molecule has 0 aliphatic rings. The molecule has 8 heteroatoms. The van der Waals surface area contributed by atoms with Crippen LogP contribution >= 0.6 is 34.4 Å². The first-order valence-corrected chi connectivity index (χ1v) is 6.63. The van der Waals surface area contributed by atoms with E-state index in [-0.39, 0.29) is 12.5 Å². The number of nitrogens with one attached hydrogen (secondary N) is 1. The predicted octanol–water partition coefficient (Wildman–Crippen LogP) is 2.19. The van der Waals surface area contributed by atoms with Crippen LogP contribution in [0.15, 0.2) is 30.5 Å². The second-order valence-corrected chi connectivity index (χ2v) is 4.90. The van der Waals surface area contributed by atoms with Crippen LogP contribution in [0.25, 0.3) is 0 Å². The number of nitrogens with zero attached hydrogens (tertiary/aromatic N) is 2. The minimum Gasteiger partial charge on any atom is -0.472 e. The highest BCUT2D eigenvalue weighted by molar-refractivity contribution is 14.1. The predicted molar refractivity (Wildman–Crippen MR) is 76.2 cm³/mol. The lowest BCUT2D eigenvalue weighted by atomic mass is 10.1. The van der Waals surface area contributed by atoms with Crippen molar-refractivity contribution < 1.29 is 14.7 Å². The first-order valence-electron chi connectivity index (χ1n) is 5.18. The molecule has 0 saturated carbocycles. The number of benzene rings is 1. The fraction of sp³-hybridized carbons (Fsp3) is 0.0909. The Balaban J connectivity index is 2.21. The molecule has 2 rings (SSSR count). The third-order valence-electron chi connectivity index (χ3n) is 2.37. The van der Waals surface area contributed by atoms with E-state index in [0.717, 1.165) is 3.57 Å². The molecule has 0 aliphatic heterocycles. The van der Waals surface area contributed by atoms with Crippen LogP contribution in [0.4, 0.5) is 0 Å². The van der Waals surface area contributed by atoms with Gasteiger partial charge in [-0.3, -0.25) is 9.63 Å². The lowest BCUT2D eigenvalue weighted by molar-refractivity contribution is 0.0978. The van der Waals surface area contributed by atoms with Crippen LogP contribution in [0.3, 0.4) is 0 Å². The highest BCUT2D eigenvalue weighted by atomic mass is 127. The third-order valence-corrected chi connectivity index (χ3v) is 3.55. The zero-order valence-corrected chi connectivity index (χ0v) is 12.4. The maximum Gasteiger partial charge on any atom is 0.266 e. The highest BCUT2D eigenvalue weighted by Crippen LogP contribution is 2.19. The fourth-order valence-electron chi connectivity index (χ4n) is 1.49. The number of aromatic nitrogens is 2. The van der Waals surface area contributed by atoms with E-state index in [1.807, 2.05) is 6.07 Å². The number of halogens is 2. The summed E-state index contributed by atoms with van der Waals surface area (Å²) in [4.78, 5) is 14.4. The summed E-state index contributed by atoms with van der Waals surface area (Å²) in [5, 5.41) is 12.7. The van der Waals surface area contributed by atoms with Crippen molar-refractivity contribution in [1.29, 1.82) is 0 Å². The van der Waals surface area contributed by atoms with Gasteiger partial charge in [0.2, 0.25) is 5.88 Å². The van der Waals surface area contributed by atoms with Crippen molar-refractivity contribution in [2.45, 2.75) is 6.61 Å². The van der Waals surface area contributed by atoms with Crippen LogP contribution in [0, 0.1) is 3.57 Å². The number of ether oxygens (including phenoxy) is 1. The second kappa shape index (κ2) is 6.11. The quantitative estimate of drug-likeness (QED) is 0.474. The second-order valence-electron chi connectivity index (χ2n) is 3.55. The summed E-state index contributed by atoms with van der Waals surface area (Å²) < 4.78 is 6.28. The van der Waals surface area contributed by atoms with E-state index in [1.54, 1.807) is 12.1 Å². The minimum atomic E-state index is -0.397. The van der Waals surface area contributed by atoms with Crippen LogP contribution in [0.2, 0.25) is 0 Å². The van der Waals surface area contributed by atoms with Crippen molar-refractivity contribution in [3.63, 3.8) is 0 Å². The number of amides is 1. The first-order chi connectivity index (χ1) is 9.11. The molecule has 0 radical (unpaired) electrons. The monoisotopic (exact) mass is 393 g/mol. The van der Waals surface area contributed by atoms with Gasteiger partial charge in [-0.05, 0) is 34.7 Å². The van der Waals surface area contributed by atoms with Gasteiger partial charge in [0.25, 0.3) is 5.91 Å². The van der Waals surface area contributed by atoms with Gasteiger partial charge >= 0.3 is 0 Å². The largest absolute Gasteiger partial charge is 0.472 e. The van der Waals surface area contributed by atoms with Gasteiger partial charge in [-0.15, -0.1) is 4.85 Å². The van der Waals surface area contributed by atoms with Gasteiger partial charge in [-0.2, -0.15) is 0 Å². The van der Waals surface area contributed by atoms with E-state index in [2.05, 4.69) is 32.5 Å². The Labute approximate surface area is 127 Å². The summed E-state index contributed by atoms with van der Waals surface area (Å²) in [6.07, 6.45) is 1.34. The molecule has 1 aromatic carbocycles. The molecule has 0 bridgehead atoms. The molecule has 0 aliphatic carbocycles. The van der Waals surface area contributed by atoms with Gasteiger partial charge in [-0.1, -0.05) is 11.2 Å². The topological polar surface area (TPSA) is 76.4 Å². The van der Waals surface area contributed by atoms with Crippen molar-refractivity contribution in [2.75, 3.05) is 0 Å². The van der Waals surface area contributed by atoms with Crippen LogP contribution in [-0.4, -0.2) is 21.1 Å². The molecule has 19 heavy (non-hydrogen) atoms. The maximum atomic E-state index is 11.6. The van der Waals surface area contributed by atoms with Gasteiger partial charge in [-0.25, -0.2) is 0 Å². The zero-order chi connectivity index (χ0) is 13.8. The number of hydrogen-bond acceptors (Lipinski definition) is 4. The van der Waals surface area contributed by atoms with E-state index in [4.69, 9.17) is 21.7 Å². The summed E-state index contributed by atoms with van der Waals surface area (Å²) in [6.45, 7) is 0.149. The molecule has 0 atom stereocenters. The van der Waals surface area contributed by atoms with Crippen molar-refractivity contribution in [1.82, 2.24) is 14.8 Å².